The standard InChI is InChI=1S/C32H34N6O5S/c1-36(2)31(40)25-14-20-17-33-32(35-30(20)38(25)22-6-4-5-7-22)34-21-12-19(13-23(15-21)41-3)24-18-44-29-26(39)16-27(43-28(24)29)37-8-10-42-11-9-37/h12-18,22H,4-11H2,1-3H3,(H,33,34,35). The molecule has 44 heavy (non-hydrogen) atoms. The Labute approximate surface area is 258 Å². The van der Waals surface area contributed by atoms with Crippen LogP contribution >= 0.6 is 11.3 Å². The van der Waals surface area contributed by atoms with E-state index >= 15 is 0 Å². The Hall–Kier alpha value is -4.42. The monoisotopic (exact) mass is 614 g/mol. The van der Waals surface area contributed by atoms with Gasteiger partial charge in [0, 0.05) is 73.6 Å². The first kappa shape index (κ1) is 28.4. The lowest BCUT2D eigenvalue weighted by molar-refractivity contribution is 0.0815. The van der Waals surface area contributed by atoms with E-state index in [1.54, 1.807) is 38.4 Å². The highest BCUT2D eigenvalue weighted by Gasteiger charge is 2.27. The lowest BCUT2D eigenvalue weighted by Gasteiger charge is -2.27. The number of hydrogen-bond donors (Lipinski definition) is 1. The van der Waals surface area contributed by atoms with Crippen molar-refractivity contribution in [2.45, 2.75) is 31.7 Å². The number of carbonyl (C=O) groups excluding carboxylic acids is 1. The average Bonchev–Trinajstić information content (AvgIpc) is 3.79. The van der Waals surface area contributed by atoms with Gasteiger partial charge in [-0.15, -0.1) is 11.3 Å². The molecule has 1 saturated heterocycles. The molecule has 1 N–H and O–H groups in total. The minimum Gasteiger partial charge on any atom is -0.497 e. The number of amides is 1. The summed E-state index contributed by atoms with van der Waals surface area (Å²) >= 11 is 1.37. The first-order valence-corrected chi connectivity index (χ1v) is 15.7. The number of thiophene rings is 1. The van der Waals surface area contributed by atoms with Crippen molar-refractivity contribution in [2.24, 2.45) is 0 Å². The highest BCUT2D eigenvalue weighted by atomic mass is 32.1. The van der Waals surface area contributed by atoms with Gasteiger partial charge in [-0.25, -0.2) is 4.98 Å². The summed E-state index contributed by atoms with van der Waals surface area (Å²) in [6, 6.07) is 9.45. The molecular formula is C32H34N6O5S. The number of methoxy groups -OCH3 is 1. The molecule has 1 saturated carbocycles. The third-order valence-electron chi connectivity index (χ3n) is 8.35. The van der Waals surface area contributed by atoms with Gasteiger partial charge in [0.15, 0.2) is 11.5 Å². The fourth-order valence-electron chi connectivity index (χ4n) is 6.14. The number of fused-ring (bicyclic) bond motifs is 2. The Morgan fingerprint density at radius 1 is 1.11 bits per heavy atom. The minimum absolute atomic E-state index is 0.0479. The van der Waals surface area contributed by atoms with Gasteiger partial charge >= 0.3 is 0 Å². The van der Waals surface area contributed by atoms with Crippen LogP contribution in [0.25, 0.3) is 32.4 Å². The van der Waals surface area contributed by atoms with E-state index < -0.39 is 0 Å². The molecule has 1 aliphatic carbocycles. The molecule has 5 aromatic rings. The van der Waals surface area contributed by atoms with Crippen molar-refractivity contribution in [3.63, 3.8) is 0 Å². The minimum atomic E-state index is -0.0654. The summed E-state index contributed by atoms with van der Waals surface area (Å²) in [6.45, 7) is 2.52. The second-order valence-electron chi connectivity index (χ2n) is 11.4. The number of hydrogen-bond acceptors (Lipinski definition) is 10. The number of benzene rings is 1. The summed E-state index contributed by atoms with van der Waals surface area (Å²) in [5.74, 6) is 1.54. The van der Waals surface area contributed by atoms with Gasteiger partial charge in [-0.1, -0.05) is 12.8 Å². The molecule has 2 aliphatic rings. The molecule has 228 valence electrons. The maximum absolute atomic E-state index is 13.1. The second-order valence-corrected chi connectivity index (χ2v) is 12.3. The van der Waals surface area contributed by atoms with Gasteiger partial charge in [0.05, 0.1) is 20.3 Å². The quantitative estimate of drug-likeness (QED) is 0.248. The van der Waals surface area contributed by atoms with Gasteiger partial charge in [0.2, 0.25) is 11.4 Å². The van der Waals surface area contributed by atoms with Gasteiger partial charge in [-0.05, 0) is 36.6 Å². The Morgan fingerprint density at radius 3 is 2.66 bits per heavy atom. The molecule has 0 bridgehead atoms. The molecule has 0 radical (unpaired) electrons. The fraction of sp³-hybridized carbons (Fsp3) is 0.375. The first-order valence-electron chi connectivity index (χ1n) is 14.8. The number of ether oxygens (including phenoxy) is 2. The molecule has 0 unspecified atom stereocenters. The third kappa shape index (κ3) is 5.17. The van der Waals surface area contributed by atoms with Crippen LogP contribution in [0, 0.1) is 0 Å². The van der Waals surface area contributed by atoms with Crippen LogP contribution in [-0.4, -0.2) is 72.9 Å². The van der Waals surface area contributed by atoms with E-state index in [-0.39, 0.29) is 17.4 Å². The van der Waals surface area contributed by atoms with Crippen molar-refractivity contribution in [1.29, 1.82) is 0 Å². The van der Waals surface area contributed by atoms with Crippen LogP contribution in [0.5, 0.6) is 5.75 Å². The molecule has 12 heteroatoms. The zero-order chi connectivity index (χ0) is 30.4. The SMILES string of the molecule is COc1cc(Nc2ncc3cc(C(=O)N(C)C)n(C4CCCC4)c3n2)cc(-c2csc3c(=O)cc(N4CCOCC4)oc23)c1. The normalized spacial score (nSPS) is 15.8. The van der Waals surface area contributed by atoms with E-state index in [0.29, 0.717) is 65.5 Å². The van der Waals surface area contributed by atoms with E-state index in [2.05, 4.69) is 14.9 Å². The molecule has 0 spiro atoms. The number of morpholine rings is 1. The maximum atomic E-state index is 13.1. The number of carbonyl (C=O) groups is 1. The molecule has 1 aromatic carbocycles. The summed E-state index contributed by atoms with van der Waals surface area (Å²) in [5.41, 5.74) is 4.20. The van der Waals surface area contributed by atoms with E-state index in [0.717, 1.165) is 47.8 Å². The van der Waals surface area contributed by atoms with Crippen LogP contribution in [0.3, 0.4) is 0 Å². The highest BCUT2D eigenvalue weighted by molar-refractivity contribution is 7.17. The summed E-state index contributed by atoms with van der Waals surface area (Å²) in [7, 11) is 5.15. The average molecular weight is 615 g/mol. The van der Waals surface area contributed by atoms with E-state index in [1.807, 2.05) is 34.5 Å². The Balaban J connectivity index is 1.27. The molecule has 7 rings (SSSR count). The molecule has 4 aromatic heterocycles. The number of nitrogens with zero attached hydrogens (tertiary/aromatic N) is 5. The zero-order valence-corrected chi connectivity index (χ0v) is 25.8. The highest BCUT2D eigenvalue weighted by Crippen LogP contribution is 2.39. The van der Waals surface area contributed by atoms with Gasteiger partial charge in [0.1, 0.15) is 21.8 Å². The molecular weight excluding hydrogens is 580 g/mol. The molecule has 5 heterocycles. The molecule has 2 fully saturated rings. The van der Waals surface area contributed by atoms with Crippen LogP contribution in [0.1, 0.15) is 42.2 Å². The number of anilines is 3. The predicted molar refractivity (Wildman–Crippen MR) is 172 cm³/mol. The lowest BCUT2D eigenvalue weighted by Crippen LogP contribution is -2.36. The van der Waals surface area contributed by atoms with Crippen molar-refractivity contribution >= 4 is 56.1 Å². The van der Waals surface area contributed by atoms with Crippen molar-refractivity contribution in [2.75, 3.05) is 57.7 Å². The Kier molecular flexibility index (Phi) is 7.47. The van der Waals surface area contributed by atoms with Crippen LogP contribution in [-0.2, 0) is 4.74 Å². The largest absolute Gasteiger partial charge is 0.497 e. The summed E-state index contributed by atoms with van der Waals surface area (Å²) in [4.78, 5) is 39.3. The van der Waals surface area contributed by atoms with Crippen LogP contribution in [0.4, 0.5) is 17.5 Å². The third-order valence-corrected chi connectivity index (χ3v) is 9.33. The maximum Gasteiger partial charge on any atom is 0.270 e. The molecule has 11 nitrogen and oxygen atoms in total. The zero-order valence-electron chi connectivity index (χ0n) is 25.0. The number of rotatable bonds is 7. The summed E-state index contributed by atoms with van der Waals surface area (Å²) in [6.07, 6.45) is 6.06. The summed E-state index contributed by atoms with van der Waals surface area (Å²) in [5, 5.41) is 6.12. The first-order chi connectivity index (χ1) is 21.4. The second kappa shape index (κ2) is 11.6. The summed E-state index contributed by atoms with van der Waals surface area (Å²) < 4.78 is 20.1. The fourth-order valence-corrected chi connectivity index (χ4v) is 7.05. The molecule has 0 atom stereocenters. The van der Waals surface area contributed by atoms with Crippen LogP contribution in [0.15, 0.2) is 51.1 Å². The lowest BCUT2D eigenvalue weighted by atomic mass is 10.1. The van der Waals surface area contributed by atoms with Crippen molar-refractivity contribution in [3.8, 4) is 16.9 Å². The van der Waals surface area contributed by atoms with Crippen LogP contribution < -0.4 is 20.4 Å². The van der Waals surface area contributed by atoms with Crippen LogP contribution in [0.2, 0.25) is 0 Å². The smallest absolute Gasteiger partial charge is 0.270 e. The van der Waals surface area contributed by atoms with Gasteiger partial charge in [0.25, 0.3) is 5.91 Å². The van der Waals surface area contributed by atoms with Gasteiger partial charge < -0.3 is 33.6 Å². The van der Waals surface area contributed by atoms with E-state index in [4.69, 9.17) is 18.9 Å². The Bertz CT molecular complexity index is 1920. The Morgan fingerprint density at radius 2 is 1.91 bits per heavy atom. The molecule has 1 amide bonds. The predicted octanol–water partition coefficient (Wildman–Crippen LogP) is 5.67. The van der Waals surface area contributed by atoms with Crippen molar-refractivity contribution in [3.05, 3.63) is 57.8 Å². The number of aromatic nitrogens is 3. The van der Waals surface area contributed by atoms with Crippen molar-refractivity contribution < 1.29 is 18.7 Å². The number of nitrogens with one attached hydrogen (secondary N) is 1. The molecule has 1 aliphatic heterocycles. The van der Waals surface area contributed by atoms with E-state index in [9.17, 15) is 9.59 Å². The van der Waals surface area contributed by atoms with Gasteiger partial charge in [-0.2, -0.15) is 4.98 Å². The van der Waals surface area contributed by atoms with Crippen molar-refractivity contribution in [1.82, 2.24) is 19.4 Å². The van der Waals surface area contributed by atoms with E-state index in [1.165, 1.54) is 11.3 Å². The van der Waals surface area contributed by atoms with Gasteiger partial charge in [-0.3, -0.25) is 9.59 Å². The topological polar surface area (TPSA) is 115 Å².